The molecule has 8 nitrogen and oxygen atoms in total. The Bertz CT molecular complexity index is 1110. The second-order valence-electron chi connectivity index (χ2n) is 7.39. The standard InChI is InChI=1S/C23H23N3O5S/c1-30-15-6-7-16(17(13-15)31-2)20-19(21(27)18-5-3-12-32-18)22(28)23(29)26(20)10-4-9-25-11-8-24-14-25/h3,5-8,11-14,19-20H,4,9-10H2,1-2H3. The molecule has 3 aromatic rings. The van der Waals surface area contributed by atoms with Gasteiger partial charge in [0.1, 0.15) is 17.4 Å². The number of hydrogen-bond donors (Lipinski definition) is 0. The summed E-state index contributed by atoms with van der Waals surface area (Å²) in [6, 6.07) is 7.86. The third-order valence-electron chi connectivity index (χ3n) is 5.59. The van der Waals surface area contributed by atoms with Crippen LogP contribution in [0.25, 0.3) is 0 Å². The molecule has 2 unspecified atom stereocenters. The molecule has 0 aliphatic carbocycles. The van der Waals surface area contributed by atoms with Crippen molar-refractivity contribution in [3.63, 3.8) is 0 Å². The highest BCUT2D eigenvalue weighted by atomic mass is 32.1. The van der Waals surface area contributed by atoms with E-state index in [-0.39, 0.29) is 5.78 Å². The number of likely N-dealkylation sites (tertiary alicyclic amines) is 1. The van der Waals surface area contributed by atoms with E-state index < -0.39 is 23.7 Å². The molecular weight excluding hydrogens is 430 g/mol. The fourth-order valence-electron chi connectivity index (χ4n) is 4.05. The number of carbonyl (C=O) groups excluding carboxylic acids is 3. The van der Waals surface area contributed by atoms with Gasteiger partial charge in [0.2, 0.25) is 5.78 Å². The molecule has 32 heavy (non-hydrogen) atoms. The number of methoxy groups -OCH3 is 2. The molecule has 1 aliphatic heterocycles. The van der Waals surface area contributed by atoms with Gasteiger partial charge in [0.15, 0.2) is 5.78 Å². The number of rotatable bonds is 9. The SMILES string of the molecule is COc1ccc(C2C(C(=O)c3cccs3)C(=O)C(=O)N2CCCn2ccnc2)c(OC)c1. The Morgan fingerprint density at radius 1 is 1.16 bits per heavy atom. The fraction of sp³-hybridized carbons (Fsp3) is 0.304. The van der Waals surface area contributed by atoms with Crippen LogP contribution in [0.1, 0.15) is 27.7 Å². The number of nitrogens with zero attached hydrogens (tertiary/aromatic N) is 3. The predicted molar refractivity (Wildman–Crippen MR) is 118 cm³/mol. The van der Waals surface area contributed by atoms with Crippen molar-refractivity contribution in [2.75, 3.05) is 20.8 Å². The van der Waals surface area contributed by atoms with Gasteiger partial charge in [0, 0.05) is 37.1 Å². The normalized spacial score (nSPS) is 18.2. The molecule has 1 aliphatic rings. The summed E-state index contributed by atoms with van der Waals surface area (Å²) in [5.41, 5.74) is 0.602. The maximum absolute atomic E-state index is 13.3. The molecule has 2 aromatic heterocycles. The molecule has 9 heteroatoms. The van der Waals surface area contributed by atoms with Crippen molar-refractivity contribution in [1.82, 2.24) is 14.5 Å². The van der Waals surface area contributed by atoms with Crippen molar-refractivity contribution in [3.05, 3.63) is 64.9 Å². The first-order valence-electron chi connectivity index (χ1n) is 10.2. The van der Waals surface area contributed by atoms with E-state index in [9.17, 15) is 14.4 Å². The second-order valence-corrected chi connectivity index (χ2v) is 8.34. The van der Waals surface area contributed by atoms with E-state index in [2.05, 4.69) is 4.98 Å². The zero-order valence-electron chi connectivity index (χ0n) is 17.8. The minimum Gasteiger partial charge on any atom is -0.497 e. The zero-order valence-corrected chi connectivity index (χ0v) is 18.6. The molecule has 0 saturated carbocycles. The van der Waals surface area contributed by atoms with Gasteiger partial charge in [-0.2, -0.15) is 0 Å². The van der Waals surface area contributed by atoms with Crippen LogP contribution in [0.2, 0.25) is 0 Å². The first-order chi connectivity index (χ1) is 15.5. The average molecular weight is 454 g/mol. The third-order valence-corrected chi connectivity index (χ3v) is 6.47. The van der Waals surface area contributed by atoms with Gasteiger partial charge in [-0.3, -0.25) is 14.4 Å². The van der Waals surface area contributed by atoms with Crippen LogP contribution < -0.4 is 9.47 Å². The number of thiophene rings is 1. The maximum atomic E-state index is 13.3. The van der Waals surface area contributed by atoms with Gasteiger partial charge < -0.3 is 18.9 Å². The van der Waals surface area contributed by atoms with Crippen LogP contribution in [0, 0.1) is 5.92 Å². The number of aromatic nitrogens is 2. The monoisotopic (exact) mass is 453 g/mol. The summed E-state index contributed by atoms with van der Waals surface area (Å²) in [5.74, 6) is -1.77. The van der Waals surface area contributed by atoms with Crippen LogP contribution in [0.5, 0.6) is 11.5 Å². The summed E-state index contributed by atoms with van der Waals surface area (Å²) >= 11 is 1.26. The van der Waals surface area contributed by atoms with Crippen LogP contribution in [0.3, 0.4) is 0 Å². The van der Waals surface area contributed by atoms with Crippen molar-refractivity contribution in [1.29, 1.82) is 0 Å². The number of ether oxygens (including phenoxy) is 2. The number of ketones is 2. The predicted octanol–water partition coefficient (Wildman–Crippen LogP) is 3.00. The van der Waals surface area contributed by atoms with Gasteiger partial charge in [0.25, 0.3) is 5.91 Å². The first kappa shape index (κ1) is 21.8. The number of benzene rings is 1. The number of carbonyl (C=O) groups is 3. The first-order valence-corrected chi connectivity index (χ1v) is 11.0. The van der Waals surface area contributed by atoms with Crippen LogP contribution in [0.15, 0.2) is 54.4 Å². The van der Waals surface area contributed by atoms with E-state index in [1.807, 2.05) is 10.8 Å². The summed E-state index contributed by atoms with van der Waals surface area (Å²) in [7, 11) is 3.05. The van der Waals surface area contributed by atoms with Crippen LogP contribution >= 0.6 is 11.3 Å². The van der Waals surface area contributed by atoms with E-state index in [1.54, 1.807) is 55.3 Å². The second kappa shape index (κ2) is 9.35. The summed E-state index contributed by atoms with van der Waals surface area (Å²) in [5, 5.41) is 1.78. The van der Waals surface area contributed by atoms with E-state index in [0.29, 0.717) is 41.4 Å². The molecule has 1 aromatic carbocycles. The highest BCUT2D eigenvalue weighted by Crippen LogP contribution is 2.43. The van der Waals surface area contributed by atoms with Gasteiger partial charge in [-0.25, -0.2) is 4.98 Å². The van der Waals surface area contributed by atoms with Crippen molar-refractivity contribution >= 4 is 28.8 Å². The van der Waals surface area contributed by atoms with Crippen LogP contribution in [-0.4, -0.2) is 52.7 Å². The smallest absolute Gasteiger partial charge is 0.291 e. The topological polar surface area (TPSA) is 90.7 Å². The molecule has 2 atom stereocenters. The summed E-state index contributed by atoms with van der Waals surface area (Å²) < 4.78 is 12.7. The molecule has 0 radical (unpaired) electrons. The van der Waals surface area contributed by atoms with E-state index >= 15 is 0 Å². The number of imidazole rings is 1. The highest BCUT2D eigenvalue weighted by Gasteiger charge is 2.52. The largest absolute Gasteiger partial charge is 0.497 e. The Morgan fingerprint density at radius 2 is 2.00 bits per heavy atom. The minimum absolute atomic E-state index is 0.316. The quantitative estimate of drug-likeness (QED) is 0.281. The molecule has 1 amide bonds. The lowest BCUT2D eigenvalue weighted by Gasteiger charge is -2.28. The Hall–Kier alpha value is -3.46. The van der Waals surface area contributed by atoms with E-state index in [1.165, 1.54) is 23.3 Å². The maximum Gasteiger partial charge on any atom is 0.291 e. The Morgan fingerprint density at radius 3 is 2.66 bits per heavy atom. The van der Waals surface area contributed by atoms with Gasteiger partial charge in [0.05, 0.1) is 31.5 Å². The van der Waals surface area contributed by atoms with Crippen LogP contribution in [-0.2, 0) is 16.1 Å². The molecular formula is C23H23N3O5S. The lowest BCUT2D eigenvalue weighted by Crippen LogP contribution is -2.32. The Balaban J connectivity index is 1.71. The number of aryl methyl sites for hydroxylation is 1. The average Bonchev–Trinajstić information content (AvgIpc) is 3.57. The lowest BCUT2D eigenvalue weighted by molar-refractivity contribution is -0.140. The molecule has 0 N–H and O–H groups in total. The number of Topliss-reactive ketones (excluding diaryl/α,β-unsaturated/α-hetero) is 2. The molecule has 4 rings (SSSR count). The molecule has 166 valence electrons. The molecule has 0 spiro atoms. The van der Waals surface area contributed by atoms with Gasteiger partial charge >= 0.3 is 0 Å². The third kappa shape index (κ3) is 4.03. The van der Waals surface area contributed by atoms with Crippen molar-refractivity contribution < 1.29 is 23.9 Å². The molecule has 1 fully saturated rings. The minimum atomic E-state index is -1.13. The Kier molecular flexibility index (Phi) is 6.36. The summed E-state index contributed by atoms with van der Waals surface area (Å²) in [6.07, 6.45) is 5.82. The highest BCUT2D eigenvalue weighted by molar-refractivity contribution is 7.12. The van der Waals surface area contributed by atoms with Gasteiger partial charge in [-0.05, 0) is 30.0 Å². The molecule has 3 heterocycles. The van der Waals surface area contributed by atoms with Crippen molar-refractivity contribution in [3.8, 4) is 11.5 Å². The van der Waals surface area contributed by atoms with Gasteiger partial charge in [-0.15, -0.1) is 11.3 Å². The van der Waals surface area contributed by atoms with E-state index in [4.69, 9.17) is 9.47 Å². The van der Waals surface area contributed by atoms with Gasteiger partial charge in [-0.1, -0.05) is 6.07 Å². The fourth-order valence-corrected chi connectivity index (χ4v) is 4.76. The Labute approximate surface area is 189 Å². The number of amides is 1. The zero-order chi connectivity index (χ0) is 22.7. The number of hydrogen-bond acceptors (Lipinski definition) is 7. The van der Waals surface area contributed by atoms with Crippen LogP contribution in [0.4, 0.5) is 0 Å². The summed E-state index contributed by atoms with van der Waals surface area (Å²) in [6.45, 7) is 0.949. The van der Waals surface area contributed by atoms with E-state index in [0.717, 1.165) is 0 Å². The lowest BCUT2D eigenvalue weighted by atomic mass is 9.88. The van der Waals surface area contributed by atoms with Crippen molar-refractivity contribution in [2.24, 2.45) is 5.92 Å². The molecule has 0 bridgehead atoms. The van der Waals surface area contributed by atoms with Crippen molar-refractivity contribution in [2.45, 2.75) is 19.0 Å². The molecule has 1 saturated heterocycles. The summed E-state index contributed by atoms with van der Waals surface area (Å²) in [4.78, 5) is 45.4.